The van der Waals surface area contributed by atoms with Crippen molar-refractivity contribution in [2.75, 3.05) is 18.3 Å². The van der Waals surface area contributed by atoms with Crippen LogP contribution in [0.2, 0.25) is 0 Å². The number of aliphatic carboxylic acids is 1. The van der Waals surface area contributed by atoms with Crippen molar-refractivity contribution in [1.29, 1.82) is 0 Å². The van der Waals surface area contributed by atoms with Gasteiger partial charge in [0.1, 0.15) is 22.8 Å². The minimum atomic E-state index is -1.42. The molecule has 2 aromatic rings. The zero-order valence-electron chi connectivity index (χ0n) is 28.0. The first kappa shape index (κ1) is 38.0. The Morgan fingerprint density at radius 3 is 2.36 bits per heavy atom. The van der Waals surface area contributed by atoms with Crippen molar-refractivity contribution in [3.05, 3.63) is 44.2 Å². The number of thiazole rings is 1. The summed E-state index contributed by atoms with van der Waals surface area (Å²) in [6, 6.07) is -1.20. The summed E-state index contributed by atoms with van der Waals surface area (Å²) in [7, 11) is 1.48. The molecule has 0 spiro atoms. The number of hydrogen-bond donors (Lipinski definition) is 3. The number of nitrogens with two attached hydrogens (primary N) is 1. The number of carboxylic acids is 1. The molecule has 1 saturated heterocycles. The van der Waals surface area contributed by atoms with E-state index in [2.05, 4.69) is 32.1 Å². The number of nitrogens with zero attached hydrogens (tertiary/aromatic N) is 6. The van der Waals surface area contributed by atoms with Crippen LogP contribution in [0.15, 0.2) is 43.2 Å². The van der Waals surface area contributed by atoms with E-state index in [4.69, 9.17) is 20.0 Å². The number of ether oxygens (including phenoxy) is 2. The Bertz CT molecular complexity index is 1890. The lowest BCUT2D eigenvalue weighted by atomic mass is 9.98. The van der Waals surface area contributed by atoms with E-state index in [0.29, 0.717) is 4.91 Å². The summed E-state index contributed by atoms with van der Waals surface area (Å²) in [5.74, 6) is -4.83. The van der Waals surface area contributed by atoms with Crippen molar-refractivity contribution in [2.45, 2.75) is 58.1 Å². The van der Waals surface area contributed by atoms with Gasteiger partial charge in [-0.15, -0.1) is 16.4 Å². The molecule has 4 heterocycles. The number of aryl methyl sites for hydroxylation is 1. The van der Waals surface area contributed by atoms with Gasteiger partial charge in [-0.25, -0.2) is 19.3 Å². The molecule has 0 aromatic carbocycles. The number of carbonyl (C=O) groups excluding carboxylic acids is 4. The average molecular weight is 751 g/mol. The molecule has 0 unspecified atom stereocenters. The average Bonchev–Trinajstić information content (AvgIpc) is 3.44. The molecular formula is C29H34N8O10S3. The van der Waals surface area contributed by atoms with E-state index in [1.54, 1.807) is 41.5 Å². The zero-order valence-corrected chi connectivity index (χ0v) is 30.4. The van der Waals surface area contributed by atoms with Gasteiger partial charge >= 0.3 is 29.3 Å². The first-order valence-corrected chi connectivity index (χ1v) is 17.3. The molecule has 4 N–H and O–H groups in total. The predicted molar refractivity (Wildman–Crippen MR) is 182 cm³/mol. The number of carbonyl (C=O) groups is 5. The number of anilines is 1. The molecule has 0 bridgehead atoms. The lowest BCUT2D eigenvalue weighted by Gasteiger charge is -2.49. The van der Waals surface area contributed by atoms with Crippen LogP contribution in [0.25, 0.3) is 0 Å². The molecule has 2 aliphatic rings. The van der Waals surface area contributed by atoms with Gasteiger partial charge in [-0.2, -0.15) is 4.98 Å². The first-order chi connectivity index (χ1) is 23.2. The van der Waals surface area contributed by atoms with Crippen molar-refractivity contribution in [2.24, 2.45) is 23.0 Å². The molecule has 0 aliphatic carbocycles. The third-order valence-electron chi connectivity index (χ3n) is 6.71. The van der Waals surface area contributed by atoms with Gasteiger partial charge in [0.15, 0.2) is 16.0 Å². The SMILES string of the molecule is C=C1S[C@@H]2[C@H](NC(=O)/C(=N\OC(=O)C(C)(C)C)c3csc(N)n3)C(=O)N2C(C(=O)O)=C1CSc1nc(=O)c(OCOC(=O)C(C)(C)C)nn1C. The number of oxime groups is 1. The lowest BCUT2D eigenvalue weighted by Crippen LogP contribution is -2.71. The monoisotopic (exact) mass is 750 g/mol. The van der Waals surface area contributed by atoms with E-state index in [1.165, 1.54) is 17.1 Å². The second-order valence-electron chi connectivity index (χ2n) is 12.7. The first-order valence-electron chi connectivity index (χ1n) is 14.6. The molecule has 18 nitrogen and oxygen atoms in total. The smallest absolute Gasteiger partial charge is 0.353 e. The number of esters is 1. The number of nitrogens with one attached hydrogen (secondary N) is 1. The number of hydrogen-bond acceptors (Lipinski definition) is 17. The van der Waals surface area contributed by atoms with Crippen LogP contribution in [0, 0.1) is 10.8 Å². The quantitative estimate of drug-likeness (QED) is 0.0560. The number of carboxylic acid groups (broad SMARTS) is 1. The van der Waals surface area contributed by atoms with E-state index in [9.17, 15) is 33.9 Å². The van der Waals surface area contributed by atoms with Crippen LogP contribution in [-0.4, -0.2) is 89.2 Å². The Balaban J connectivity index is 1.49. The molecular weight excluding hydrogens is 717 g/mol. The molecule has 2 aromatic heterocycles. The van der Waals surface area contributed by atoms with Gasteiger partial charge in [0.05, 0.1) is 10.8 Å². The predicted octanol–water partition coefficient (Wildman–Crippen LogP) is 1.48. The van der Waals surface area contributed by atoms with E-state index >= 15 is 0 Å². The van der Waals surface area contributed by atoms with E-state index in [0.717, 1.165) is 39.8 Å². The lowest BCUT2D eigenvalue weighted by molar-refractivity contribution is -0.160. The fourth-order valence-electron chi connectivity index (χ4n) is 4.00. The number of allylic oxidation sites excluding steroid dienone is 1. The van der Waals surface area contributed by atoms with Gasteiger partial charge in [-0.05, 0) is 41.5 Å². The van der Waals surface area contributed by atoms with Gasteiger partial charge < -0.3 is 30.5 Å². The standard InChI is InChI=1S/C29H34N8O10S3/c1-12-13(9-49-27-33-19(39)20(34-36(27)8)45-11-46-24(43)28(2,3)4)17(23(41)42)37-21(40)16(22(37)50-12)32-18(38)15(14-10-48-26(30)31-14)35-47-25(44)29(5,6)7/h10,16,22H,1,9,11H2,2-8H3,(H2,30,31)(H,32,38)(H,41,42)/b35-15-/t16-,22-/m1/s1. The Hall–Kier alpha value is -4.76. The molecule has 0 radical (unpaired) electrons. The highest BCUT2D eigenvalue weighted by Crippen LogP contribution is 2.47. The third-order valence-corrected chi connectivity index (χ3v) is 9.69. The normalized spacial score (nSPS) is 17.9. The van der Waals surface area contributed by atoms with Crippen molar-refractivity contribution < 1.29 is 43.4 Å². The van der Waals surface area contributed by atoms with Crippen LogP contribution < -0.4 is 21.3 Å². The number of β-lactam (4-membered cyclic amide) rings is 1. The highest BCUT2D eigenvalue weighted by atomic mass is 32.2. The van der Waals surface area contributed by atoms with E-state index in [-0.39, 0.29) is 33.0 Å². The Morgan fingerprint density at radius 2 is 1.78 bits per heavy atom. The fraction of sp³-hybridized carbons (Fsp3) is 0.448. The summed E-state index contributed by atoms with van der Waals surface area (Å²) < 4.78 is 11.4. The highest BCUT2D eigenvalue weighted by molar-refractivity contribution is 8.04. The number of rotatable bonds is 11. The zero-order chi connectivity index (χ0) is 37.3. The number of thioether (sulfide) groups is 2. The van der Waals surface area contributed by atoms with Crippen LogP contribution >= 0.6 is 34.9 Å². The van der Waals surface area contributed by atoms with Crippen LogP contribution in [0.1, 0.15) is 47.2 Å². The second kappa shape index (κ2) is 14.6. The van der Waals surface area contributed by atoms with Crippen LogP contribution in [-0.2, 0) is 40.6 Å². The maximum Gasteiger partial charge on any atom is 0.353 e. The van der Waals surface area contributed by atoms with Gasteiger partial charge in [-0.3, -0.25) is 24.1 Å². The molecule has 268 valence electrons. The summed E-state index contributed by atoms with van der Waals surface area (Å²) in [6.07, 6.45) is 0. The summed E-state index contributed by atoms with van der Waals surface area (Å²) in [6.45, 7) is 13.2. The third kappa shape index (κ3) is 8.33. The largest absolute Gasteiger partial charge is 0.477 e. The van der Waals surface area contributed by atoms with E-state index < -0.39 is 75.9 Å². The van der Waals surface area contributed by atoms with Crippen molar-refractivity contribution >= 4 is 75.4 Å². The van der Waals surface area contributed by atoms with Crippen LogP contribution in [0.4, 0.5) is 5.13 Å². The number of amides is 2. The number of fused-ring (bicyclic) bond motifs is 1. The molecule has 2 aliphatic heterocycles. The Kier molecular flexibility index (Phi) is 11.1. The number of nitrogen functional groups attached to an aromatic ring is 1. The Labute approximate surface area is 297 Å². The van der Waals surface area contributed by atoms with Crippen molar-refractivity contribution in [3.8, 4) is 5.88 Å². The van der Waals surface area contributed by atoms with Gasteiger partial charge in [0.25, 0.3) is 11.8 Å². The summed E-state index contributed by atoms with van der Waals surface area (Å²) in [5.41, 5.74) is 2.56. The molecule has 50 heavy (non-hydrogen) atoms. The van der Waals surface area contributed by atoms with E-state index in [1.807, 2.05) is 0 Å². The second-order valence-corrected chi connectivity index (χ2v) is 15.8. The Morgan fingerprint density at radius 1 is 1.12 bits per heavy atom. The van der Waals surface area contributed by atoms with Crippen LogP contribution in [0.3, 0.4) is 0 Å². The maximum absolute atomic E-state index is 13.4. The van der Waals surface area contributed by atoms with Gasteiger partial charge in [0, 0.05) is 28.7 Å². The molecule has 2 amide bonds. The summed E-state index contributed by atoms with van der Waals surface area (Å²) in [5, 5.41) is 21.2. The minimum Gasteiger partial charge on any atom is -0.477 e. The van der Waals surface area contributed by atoms with Crippen molar-refractivity contribution in [1.82, 2.24) is 30.0 Å². The molecule has 0 saturated carbocycles. The highest BCUT2D eigenvalue weighted by Gasteiger charge is 2.55. The number of aromatic nitrogens is 4. The van der Waals surface area contributed by atoms with Crippen LogP contribution in [0.5, 0.6) is 5.88 Å². The molecule has 1 fully saturated rings. The van der Waals surface area contributed by atoms with Gasteiger partial charge in [0.2, 0.25) is 6.79 Å². The fourth-order valence-corrected chi connectivity index (χ4v) is 6.84. The van der Waals surface area contributed by atoms with Gasteiger partial charge in [-0.1, -0.05) is 35.3 Å². The molecule has 2 atom stereocenters. The summed E-state index contributed by atoms with van der Waals surface area (Å²) >= 11 is 3.02. The molecule has 21 heteroatoms. The molecule has 4 rings (SSSR count). The topological polar surface area (TPSA) is 248 Å². The minimum absolute atomic E-state index is 0.00235. The van der Waals surface area contributed by atoms with Crippen molar-refractivity contribution in [3.63, 3.8) is 0 Å². The summed E-state index contributed by atoms with van der Waals surface area (Å²) in [4.78, 5) is 90.2. The maximum atomic E-state index is 13.4.